The van der Waals surface area contributed by atoms with Gasteiger partial charge in [-0.3, -0.25) is 0 Å². The second kappa shape index (κ2) is 5.44. The van der Waals surface area contributed by atoms with E-state index in [0.717, 1.165) is 12.6 Å². The molecule has 1 aliphatic rings. The van der Waals surface area contributed by atoms with Crippen LogP contribution in [0, 0.1) is 19.3 Å². The fraction of sp³-hybridized carbons (Fsp3) is 0.647. The van der Waals surface area contributed by atoms with Crippen LogP contribution < -0.4 is 5.32 Å². The number of hydrogen-bond donors (Lipinski definition) is 1. The van der Waals surface area contributed by atoms with Gasteiger partial charge in [-0.05, 0) is 56.1 Å². The molecule has 1 aliphatic carbocycles. The van der Waals surface area contributed by atoms with Crippen LogP contribution in [0.15, 0.2) is 18.2 Å². The summed E-state index contributed by atoms with van der Waals surface area (Å²) in [6.45, 7) is 10.3. The van der Waals surface area contributed by atoms with Crippen LogP contribution in [0.1, 0.15) is 49.8 Å². The first-order chi connectivity index (χ1) is 8.46. The molecule has 0 aliphatic heterocycles. The zero-order valence-corrected chi connectivity index (χ0v) is 12.3. The zero-order chi connectivity index (χ0) is 13.2. The SMILES string of the molecule is Cc1ccc(CCC(C)(C)CNC2CC2)c(C)c1. The Bertz CT molecular complexity index is 402. The molecule has 1 fully saturated rings. The third-order valence-corrected chi connectivity index (χ3v) is 4.02. The maximum Gasteiger partial charge on any atom is 0.00684 e. The third kappa shape index (κ3) is 4.13. The lowest BCUT2D eigenvalue weighted by atomic mass is 9.85. The van der Waals surface area contributed by atoms with Crippen LogP contribution in [0.2, 0.25) is 0 Å². The van der Waals surface area contributed by atoms with E-state index in [1.165, 1.54) is 42.4 Å². The highest BCUT2D eigenvalue weighted by Gasteiger charge is 2.25. The molecule has 0 amide bonds. The predicted octanol–water partition coefficient (Wildman–Crippen LogP) is 4.01. The Morgan fingerprint density at radius 3 is 2.56 bits per heavy atom. The van der Waals surface area contributed by atoms with Crippen LogP contribution in [0.3, 0.4) is 0 Å². The lowest BCUT2D eigenvalue weighted by Crippen LogP contribution is -2.31. The molecule has 1 aromatic rings. The normalized spacial score (nSPS) is 16.0. The summed E-state index contributed by atoms with van der Waals surface area (Å²) < 4.78 is 0. The quantitative estimate of drug-likeness (QED) is 0.798. The summed E-state index contributed by atoms with van der Waals surface area (Å²) in [5.74, 6) is 0. The fourth-order valence-electron chi connectivity index (χ4n) is 2.40. The molecular weight excluding hydrogens is 218 g/mol. The van der Waals surface area contributed by atoms with E-state index in [0.29, 0.717) is 5.41 Å². The van der Waals surface area contributed by atoms with Gasteiger partial charge in [-0.1, -0.05) is 37.6 Å². The summed E-state index contributed by atoms with van der Waals surface area (Å²) in [5, 5.41) is 3.66. The molecule has 0 bridgehead atoms. The monoisotopic (exact) mass is 245 g/mol. The minimum absolute atomic E-state index is 0.403. The molecule has 0 radical (unpaired) electrons. The van der Waals surface area contributed by atoms with Gasteiger partial charge >= 0.3 is 0 Å². The van der Waals surface area contributed by atoms with E-state index in [-0.39, 0.29) is 0 Å². The topological polar surface area (TPSA) is 12.0 Å². The molecule has 0 spiro atoms. The maximum absolute atomic E-state index is 3.66. The summed E-state index contributed by atoms with van der Waals surface area (Å²) in [7, 11) is 0. The molecule has 1 nitrogen and oxygen atoms in total. The average molecular weight is 245 g/mol. The van der Waals surface area contributed by atoms with E-state index >= 15 is 0 Å². The molecule has 1 aromatic carbocycles. The summed E-state index contributed by atoms with van der Waals surface area (Å²) in [6, 6.07) is 7.66. The predicted molar refractivity (Wildman–Crippen MR) is 79.0 cm³/mol. The Morgan fingerprint density at radius 1 is 1.22 bits per heavy atom. The van der Waals surface area contributed by atoms with Gasteiger partial charge in [0.15, 0.2) is 0 Å². The van der Waals surface area contributed by atoms with Crippen molar-refractivity contribution >= 4 is 0 Å². The molecule has 0 aromatic heterocycles. The van der Waals surface area contributed by atoms with E-state index in [4.69, 9.17) is 0 Å². The Hall–Kier alpha value is -0.820. The van der Waals surface area contributed by atoms with Crippen LogP contribution in [-0.2, 0) is 6.42 Å². The molecule has 1 N–H and O–H groups in total. The number of rotatable bonds is 6. The molecule has 0 atom stereocenters. The summed E-state index contributed by atoms with van der Waals surface area (Å²) in [4.78, 5) is 0. The first-order valence-corrected chi connectivity index (χ1v) is 7.26. The highest BCUT2D eigenvalue weighted by atomic mass is 15.0. The van der Waals surface area contributed by atoms with Gasteiger partial charge in [-0.25, -0.2) is 0 Å². The Labute approximate surface area is 112 Å². The lowest BCUT2D eigenvalue weighted by Gasteiger charge is -2.25. The molecule has 1 saturated carbocycles. The Kier molecular flexibility index (Phi) is 4.11. The van der Waals surface area contributed by atoms with Crippen molar-refractivity contribution in [3.63, 3.8) is 0 Å². The molecule has 1 heteroatoms. The minimum atomic E-state index is 0.403. The van der Waals surface area contributed by atoms with Crippen molar-refractivity contribution in [2.45, 2.75) is 59.4 Å². The Morgan fingerprint density at radius 2 is 1.94 bits per heavy atom. The smallest absolute Gasteiger partial charge is 0.00684 e. The third-order valence-electron chi connectivity index (χ3n) is 4.02. The van der Waals surface area contributed by atoms with E-state index in [1.54, 1.807) is 0 Å². The highest BCUT2D eigenvalue weighted by Crippen LogP contribution is 2.26. The zero-order valence-electron chi connectivity index (χ0n) is 12.3. The summed E-state index contributed by atoms with van der Waals surface area (Å²) in [6.07, 6.45) is 5.22. The van der Waals surface area contributed by atoms with Crippen LogP contribution in [0.4, 0.5) is 0 Å². The standard InChI is InChI=1S/C17H27N/c1-13-5-6-15(14(2)11-13)9-10-17(3,4)12-18-16-7-8-16/h5-6,11,16,18H,7-10,12H2,1-4H3. The molecule has 2 rings (SSSR count). The lowest BCUT2D eigenvalue weighted by molar-refractivity contribution is 0.313. The highest BCUT2D eigenvalue weighted by molar-refractivity contribution is 5.30. The molecule has 18 heavy (non-hydrogen) atoms. The first-order valence-electron chi connectivity index (χ1n) is 7.26. The Balaban J connectivity index is 1.84. The maximum atomic E-state index is 3.66. The van der Waals surface area contributed by atoms with Crippen LogP contribution in [0.25, 0.3) is 0 Å². The second-order valence-electron chi connectivity index (χ2n) is 6.75. The minimum Gasteiger partial charge on any atom is -0.313 e. The van der Waals surface area contributed by atoms with Crippen molar-refractivity contribution in [2.75, 3.05) is 6.54 Å². The number of aryl methyl sites for hydroxylation is 3. The van der Waals surface area contributed by atoms with Crippen molar-refractivity contribution < 1.29 is 0 Å². The summed E-state index contributed by atoms with van der Waals surface area (Å²) >= 11 is 0. The molecule has 0 unspecified atom stereocenters. The average Bonchev–Trinajstić information content (AvgIpc) is 3.09. The van der Waals surface area contributed by atoms with E-state index in [9.17, 15) is 0 Å². The first kappa shape index (κ1) is 13.6. The van der Waals surface area contributed by atoms with E-state index < -0.39 is 0 Å². The van der Waals surface area contributed by atoms with Crippen molar-refractivity contribution in [2.24, 2.45) is 5.41 Å². The van der Waals surface area contributed by atoms with E-state index in [2.05, 4.69) is 51.2 Å². The van der Waals surface area contributed by atoms with Crippen LogP contribution in [0.5, 0.6) is 0 Å². The summed E-state index contributed by atoms with van der Waals surface area (Å²) in [5.41, 5.74) is 4.73. The van der Waals surface area contributed by atoms with Gasteiger partial charge < -0.3 is 5.32 Å². The number of nitrogens with one attached hydrogen (secondary N) is 1. The van der Waals surface area contributed by atoms with Crippen LogP contribution in [-0.4, -0.2) is 12.6 Å². The van der Waals surface area contributed by atoms with Gasteiger partial charge in [0.05, 0.1) is 0 Å². The number of benzene rings is 1. The van der Waals surface area contributed by atoms with Crippen molar-refractivity contribution in [3.05, 3.63) is 34.9 Å². The van der Waals surface area contributed by atoms with Crippen molar-refractivity contribution in [1.29, 1.82) is 0 Å². The number of hydrogen-bond acceptors (Lipinski definition) is 1. The molecule has 100 valence electrons. The van der Waals surface area contributed by atoms with Gasteiger partial charge in [0.2, 0.25) is 0 Å². The largest absolute Gasteiger partial charge is 0.313 e. The molecule has 0 saturated heterocycles. The molecule has 0 heterocycles. The van der Waals surface area contributed by atoms with Gasteiger partial charge in [-0.2, -0.15) is 0 Å². The van der Waals surface area contributed by atoms with E-state index in [1.807, 2.05) is 0 Å². The van der Waals surface area contributed by atoms with Gasteiger partial charge in [0.1, 0.15) is 0 Å². The van der Waals surface area contributed by atoms with Crippen LogP contribution >= 0.6 is 0 Å². The van der Waals surface area contributed by atoms with Gasteiger partial charge in [0.25, 0.3) is 0 Å². The van der Waals surface area contributed by atoms with Gasteiger partial charge in [-0.15, -0.1) is 0 Å². The van der Waals surface area contributed by atoms with Crippen molar-refractivity contribution in [1.82, 2.24) is 5.32 Å². The van der Waals surface area contributed by atoms with Gasteiger partial charge in [0, 0.05) is 12.6 Å². The molecular formula is C17H27N. The fourth-order valence-corrected chi connectivity index (χ4v) is 2.40. The second-order valence-corrected chi connectivity index (χ2v) is 6.75. The van der Waals surface area contributed by atoms with Crippen molar-refractivity contribution in [3.8, 4) is 0 Å².